The van der Waals surface area contributed by atoms with Crippen LogP contribution in [0.15, 0.2) is 10.6 Å². The zero-order chi connectivity index (χ0) is 12.7. The van der Waals surface area contributed by atoms with Gasteiger partial charge in [-0.1, -0.05) is 0 Å². The van der Waals surface area contributed by atoms with E-state index in [9.17, 15) is 14.4 Å². The smallest absolute Gasteiger partial charge is 0.353 e. The van der Waals surface area contributed by atoms with Crippen molar-refractivity contribution in [2.45, 2.75) is 18.7 Å². The van der Waals surface area contributed by atoms with E-state index >= 15 is 0 Å². The molecule has 1 N–H and O–H groups in total. The molecule has 2 amide bonds. The number of hydrogen-bond acceptors (Lipinski definition) is 4. The number of carboxylic acid groups (broad SMARTS) is 1. The van der Waals surface area contributed by atoms with Gasteiger partial charge in [0.2, 0.25) is 11.8 Å². The minimum absolute atomic E-state index is 0.0318. The lowest BCUT2D eigenvalue weighted by molar-refractivity contribution is -0.145. The minimum Gasteiger partial charge on any atom is -0.477 e. The standard InChI is InChI=1S/C10H12N2O4S/c1-5(13)11(2)4-6-9(10(15)16)12-7(14)3-8(12)17-6/h8H,3-4H2,1-2H3,(H,15,16)/t8-/m0/s1. The van der Waals surface area contributed by atoms with Crippen molar-refractivity contribution in [2.75, 3.05) is 13.6 Å². The second kappa shape index (κ2) is 4.06. The van der Waals surface area contributed by atoms with Crippen molar-refractivity contribution >= 4 is 29.5 Å². The highest BCUT2D eigenvalue weighted by molar-refractivity contribution is 8.04. The van der Waals surface area contributed by atoms with Gasteiger partial charge in [0.25, 0.3) is 0 Å². The van der Waals surface area contributed by atoms with Crippen molar-refractivity contribution in [1.29, 1.82) is 0 Å². The first-order valence-electron chi connectivity index (χ1n) is 5.08. The van der Waals surface area contributed by atoms with Gasteiger partial charge < -0.3 is 10.0 Å². The summed E-state index contributed by atoms with van der Waals surface area (Å²) in [6, 6.07) is 0. The monoisotopic (exact) mass is 256 g/mol. The first-order valence-corrected chi connectivity index (χ1v) is 5.96. The number of nitrogens with zero attached hydrogens (tertiary/aromatic N) is 2. The molecule has 6 nitrogen and oxygen atoms in total. The number of carbonyl (C=O) groups excluding carboxylic acids is 2. The molecule has 0 spiro atoms. The van der Waals surface area contributed by atoms with E-state index in [-0.39, 0.29) is 29.4 Å². The lowest BCUT2D eigenvalue weighted by Gasteiger charge is -2.33. The fraction of sp³-hybridized carbons (Fsp3) is 0.500. The van der Waals surface area contributed by atoms with E-state index in [0.29, 0.717) is 11.3 Å². The molecule has 0 aromatic carbocycles. The largest absolute Gasteiger partial charge is 0.477 e. The summed E-state index contributed by atoms with van der Waals surface area (Å²) in [5.74, 6) is -1.41. The maximum atomic E-state index is 11.3. The van der Waals surface area contributed by atoms with Gasteiger partial charge in [0.05, 0.1) is 18.3 Å². The zero-order valence-corrected chi connectivity index (χ0v) is 10.3. The van der Waals surface area contributed by atoms with Crippen LogP contribution in [0.5, 0.6) is 0 Å². The number of hydrogen-bond donors (Lipinski definition) is 1. The second-order valence-corrected chi connectivity index (χ2v) is 5.27. The van der Waals surface area contributed by atoms with Gasteiger partial charge in [0.15, 0.2) is 0 Å². The highest BCUT2D eigenvalue weighted by Gasteiger charge is 2.48. The van der Waals surface area contributed by atoms with E-state index < -0.39 is 5.97 Å². The first-order chi connectivity index (χ1) is 7.91. The summed E-state index contributed by atoms with van der Waals surface area (Å²) in [6.45, 7) is 1.66. The molecule has 2 aliphatic heterocycles. The van der Waals surface area contributed by atoms with Crippen LogP contribution in [0.4, 0.5) is 0 Å². The molecule has 2 aliphatic rings. The third kappa shape index (κ3) is 1.90. The Kier molecular flexibility index (Phi) is 2.86. The van der Waals surface area contributed by atoms with E-state index in [4.69, 9.17) is 5.11 Å². The number of carboxylic acids is 1. The highest BCUT2D eigenvalue weighted by Crippen LogP contribution is 2.46. The van der Waals surface area contributed by atoms with E-state index in [1.165, 1.54) is 28.5 Å². The number of fused-ring (bicyclic) bond motifs is 1. The van der Waals surface area contributed by atoms with Crippen LogP contribution in [0.25, 0.3) is 0 Å². The highest BCUT2D eigenvalue weighted by atomic mass is 32.2. The Labute approximate surface area is 102 Å². The Morgan fingerprint density at radius 1 is 1.59 bits per heavy atom. The molecule has 1 fully saturated rings. The topological polar surface area (TPSA) is 77.9 Å². The molecule has 2 rings (SSSR count). The molecule has 7 heteroatoms. The molecule has 0 unspecified atom stereocenters. The number of likely N-dealkylation sites (N-methyl/N-ethyl adjacent to an activating group) is 1. The third-order valence-corrected chi connectivity index (χ3v) is 4.07. The normalized spacial score (nSPS) is 22.4. The van der Waals surface area contributed by atoms with Crippen LogP contribution in [0, 0.1) is 0 Å². The van der Waals surface area contributed by atoms with Crippen LogP contribution in [0.2, 0.25) is 0 Å². The fourth-order valence-corrected chi connectivity index (χ4v) is 3.21. The predicted molar refractivity (Wildman–Crippen MR) is 60.8 cm³/mol. The van der Waals surface area contributed by atoms with Crippen LogP contribution in [0.3, 0.4) is 0 Å². The van der Waals surface area contributed by atoms with Crippen molar-refractivity contribution in [3.05, 3.63) is 10.6 Å². The molecule has 17 heavy (non-hydrogen) atoms. The molecule has 0 aromatic heterocycles. The van der Waals surface area contributed by atoms with Crippen LogP contribution >= 0.6 is 11.8 Å². The summed E-state index contributed by atoms with van der Waals surface area (Å²) in [6.07, 6.45) is 0.370. The SMILES string of the molecule is CC(=O)N(C)CC1=C(C(=O)O)N2C(=O)C[C@@H]2S1. The number of β-lactam (4-membered cyclic amide) rings is 1. The van der Waals surface area contributed by atoms with Crippen LogP contribution < -0.4 is 0 Å². The summed E-state index contributed by atoms with van der Waals surface area (Å²) in [5, 5.41) is 9.01. The molecule has 0 saturated carbocycles. The number of rotatable bonds is 3. The molecule has 92 valence electrons. The average molecular weight is 256 g/mol. The van der Waals surface area contributed by atoms with Crippen molar-refractivity contribution in [1.82, 2.24) is 9.80 Å². The maximum absolute atomic E-state index is 11.3. The van der Waals surface area contributed by atoms with Crippen molar-refractivity contribution in [2.24, 2.45) is 0 Å². The van der Waals surface area contributed by atoms with Gasteiger partial charge in [0, 0.05) is 18.9 Å². The van der Waals surface area contributed by atoms with Gasteiger partial charge in [0.1, 0.15) is 5.70 Å². The Hall–Kier alpha value is -1.50. The summed E-state index contributed by atoms with van der Waals surface area (Å²) < 4.78 is 0. The Bertz CT molecular complexity index is 446. The molecule has 1 saturated heterocycles. The van der Waals surface area contributed by atoms with Crippen LogP contribution in [-0.2, 0) is 14.4 Å². The van der Waals surface area contributed by atoms with Crippen LogP contribution in [0.1, 0.15) is 13.3 Å². The third-order valence-electron chi connectivity index (χ3n) is 2.81. The molecule has 0 aliphatic carbocycles. The van der Waals surface area contributed by atoms with Gasteiger partial charge >= 0.3 is 5.97 Å². The Morgan fingerprint density at radius 3 is 2.71 bits per heavy atom. The zero-order valence-electron chi connectivity index (χ0n) is 9.47. The lowest BCUT2D eigenvalue weighted by Crippen LogP contribution is -2.48. The fourth-order valence-electron chi connectivity index (χ4n) is 1.77. The minimum atomic E-state index is -1.11. The number of aliphatic carboxylic acids is 1. The first kappa shape index (κ1) is 12.0. The second-order valence-electron chi connectivity index (χ2n) is 3.99. The molecule has 0 radical (unpaired) electrons. The average Bonchev–Trinajstić information content (AvgIpc) is 2.51. The Morgan fingerprint density at radius 2 is 2.24 bits per heavy atom. The number of thioether (sulfide) groups is 1. The van der Waals surface area contributed by atoms with Crippen molar-refractivity contribution in [3.8, 4) is 0 Å². The molecular formula is C10H12N2O4S. The Balaban J connectivity index is 2.23. The van der Waals surface area contributed by atoms with Crippen molar-refractivity contribution < 1.29 is 19.5 Å². The summed E-state index contributed by atoms with van der Waals surface area (Å²) >= 11 is 1.36. The molecule has 0 aromatic rings. The van der Waals surface area contributed by atoms with E-state index in [1.54, 1.807) is 7.05 Å². The maximum Gasteiger partial charge on any atom is 0.353 e. The summed E-state index contributed by atoms with van der Waals surface area (Å²) in [7, 11) is 1.60. The quantitative estimate of drug-likeness (QED) is 0.723. The summed E-state index contributed by atoms with van der Waals surface area (Å²) in [4.78, 5) is 36.9. The molecule has 1 atom stereocenters. The number of amides is 2. The molecule has 2 heterocycles. The van der Waals surface area contributed by atoms with E-state index in [2.05, 4.69) is 0 Å². The summed E-state index contributed by atoms with van der Waals surface area (Å²) in [5.41, 5.74) is 0.0318. The molecule has 0 bridgehead atoms. The van der Waals surface area contributed by atoms with Gasteiger partial charge in [-0.15, -0.1) is 11.8 Å². The lowest BCUT2D eigenvalue weighted by atomic mass is 10.1. The van der Waals surface area contributed by atoms with Crippen LogP contribution in [-0.4, -0.2) is 51.7 Å². The predicted octanol–water partition coefficient (Wildman–Crippen LogP) is 0.0661. The van der Waals surface area contributed by atoms with E-state index in [1.807, 2.05) is 0 Å². The van der Waals surface area contributed by atoms with Gasteiger partial charge in [-0.05, 0) is 0 Å². The van der Waals surface area contributed by atoms with Crippen molar-refractivity contribution in [3.63, 3.8) is 0 Å². The van der Waals surface area contributed by atoms with Gasteiger partial charge in [-0.25, -0.2) is 4.79 Å². The van der Waals surface area contributed by atoms with Gasteiger partial charge in [-0.2, -0.15) is 0 Å². The number of carbonyl (C=O) groups is 3. The molecular weight excluding hydrogens is 244 g/mol. The van der Waals surface area contributed by atoms with E-state index in [0.717, 1.165) is 0 Å². The van der Waals surface area contributed by atoms with Gasteiger partial charge in [-0.3, -0.25) is 14.5 Å².